The fourth-order valence-corrected chi connectivity index (χ4v) is 3.69. The van der Waals surface area contributed by atoms with Crippen LogP contribution in [0.4, 0.5) is 10.1 Å². The van der Waals surface area contributed by atoms with Gasteiger partial charge in [-0.1, -0.05) is 30.3 Å². The summed E-state index contributed by atoms with van der Waals surface area (Å²) >= 11 is 0. The first-order chi connectivity index (χ1) is 14.6. The summed E-state index contributed by atoms with van der Waals surface area (Å²) in [6.07, 6.45) is 5.01. The number of hydrogen-bond donors (Lipinski definition) is 0. The lowest BCUT2D eigenvalue weighted by Gasteiger charge is -2.46. The number of imidazole rings is 1. The highest BCUT2D eigenvalue weighted by Crippen LogP contribution is 2.41. The smallest absolute Gasteiger partial charge is 0.319 e. The number of benzene rings is 1. The molecular weight excluding hydrogens is 387 g/mol. The zero-order valence-electron chi connectivity index (χ0n) is 16.5. The largest absolute Gasteiger partial charge is 0.480 e. The van der Waals surface area contributed by atoms with E-state index in [2.05, 4.69) is 20.1 Å². The van der Waals surface area contributed by atoms with Crippen LogP contribution in [0.3, 0.4) is 0 Å². The number of fused-ring (bicyclic) bond motifs is 1. The second-order valence-corrected chi connectivity index (χ2v) is 7.08. The molecule has 30 heavy (non-hydrogen) atoms. The molecule has 0 atom stereocenters. The van der Waals surface area contributed by atoms with Crippen molar-refractivity contribution in [1.29, 1.82) is 0 Å². The molecule has 1 aliphatic rings. The van der Waals surface area contributed by atoms with Gasteiger partial charge in [0.25, 0.3) is 0 Å². The van der Waals surface area contributed by atoms with Crippen molar-refractivity contribution in [2.24, 2.45) is 0 Å². The van der Waals surface area contributed by atoms with Gasteiger partial charge in [-0.15, -0.1) is 0 Å². The van der Waals surface area contributed by atoms with Crippen molar-refractivity contribution >= 4 is 11.3 Å². The van der Waals surface area contributed by atoms with Crippen LogP contribution in [0.25, 0.3) is 16.9 Å². The van der Waals surface area contributed by atoms with Crippen molar-refractivity contribution in [1.82, 2.24) is 24.6 Å². The lowest BCUT2D eigenvalue weighted by molar-refractivity contribution is 0.120. The van der Waals surface area contributed by atoms with Crippen LogP contribution in [-0.2, 0) is 5.67 Å². The van der Waals surface area contributed by atoms with Gasteiger partial charge in [0.1, 0.15) is 5.69 Å². The molecule has 0 amide bonds. The molecule has 0 aliphatic carbocycles. The molecular formula is C21H19FN6O2. The molecule has 152 valence electrons. The number of ether oxygens (including phenoxy) is 2. The number of nitrogens with zero attached hydrogens (tertiary/aromatic N) is 6. The minimum Gasteiger partial charge on any atom is -0.480 e. The molecule has 4 heterocycles. The Labute approximate surface area is 171 Å². The quantitative estimate of drug-likeness (QED) is 0.504. The summed E-state index contributed by atoms with van der Waals surface area (Å²) in [4.78, 5) is 14.8. The van der Waals surface area contributed by atoms with Crippen LogP contribution in [0, 0.1) is 0 Å². The summed E-state index contributed by atoms with van der Waals surface area (Å²) in [6, 6.07) is 11.3. The molecule has 8 nitrogen and oxygen atoms in total. The van der Waals surface area contributed by atoms with E-state index in [0.29, 0.717) is 28.3 Å². The Bertz CT molecular complexity index is 1210. The van der Waals surface area contributed by atoms with Gasteiger partial charge in [-0.25, -0.2) is 18.9 Å². The van der Waals surface area contributed by atoms with Crippen LogP contribution in [0.5, 0.6) is 11.9 Å². The molecule has 1 aliphatic heterocycles. The van der Waals surface area contributed by atoms with Crippen LogP contribution < -0.4 is 14.4 Å². The molecule has 0 unspecified atom stereocenters. The lowest BCUT2D eigenvalue weighted by atomic mass is 9.87. The molecule has 3 aromatic heterocycles. The van der Waals surface area contributed by atoms with Gasteiger partial charge < -0.3 is 14.4 Å². The first-order valence-corrected chi connectivity index (χ1v) is 9.40. The van der Waals surface area contributed by atoms with Gasteiger partial charge in [-0.3, -0.25) is 0 Å². The average molecular weight is 406 g/mol. The molecule has 0 radical (unpaired) electrons. The van der Waals surface area contributed by atoms with Crippen LogP contribution >= 0.6 is 0 Å². The molecule has 0 saturated carbocycles. The van der Waals surface area contributed by atoms with Gasteiger partial charge in [0.05, 0.1) is 38.6 Å². The van der Waals surface area contributed by atoms with Gasteiger partial charge in [-0.2, -0.15) is 10.1 Å². The van der Waals surface area contributed by atoms with Gasteiger partial charge in [0.15, 0.2) is 11.3 Å². The van der Waals surface area contributed by atoms with E-state index < -0.39 is 5.67 Å². The standard InChI is InChI=1S/C21H19FN6O2/c1-29-19-15(11-24-20(25-19)30-2)16-10-17(18-23-8-9-28(18)26-16)27-12-21(22,13-27)14-6-4-3-5-7-14/h3-11H,12-13H2,1-2H3. The first kappa shape index (κ1) is 18.3. The molecule has 1 saturated heterocycles. The highest BCUT2D eigenvalue weighted by Gasteiger charge is 2.45. The normalized spacial score (nSPS) is 15.1. The van der Waals surface area contributed by atoms with E-state index in [4.69, 9.17) is 9.47 Å². The van der Waals surface area contributed by atoms with Gasteiger partial charge in [0, 0.05) is 18.6 Å². The van der Waals surface area contributed by atoms with E-state index in [0.717, 1.165) is 5.69 Å². The molecule has 0 bridgehead atoms. The molecule has 1 aromatic carbocycles. The number of anilines is 1. The van der Waals surface area contributed by atoms with E-state index in [1.807, 2.05) is 41.3 Å². The molecule has 4 aromatic rings. The van der Waals surface area contributed by atoms with Crippen molar-refractivity contribution in [3.05, 3.63) is 60.6 Å². The number of hydrogen-bond acceptors (Lipinski definition) is 7. The number of aromatic nitrogens is 5. The molecule has 1 fully saturated rings. The Hall–Kier alpha value is -3.75. The van der Waals surface area contributed by atoms with Gasteiger partial charge >= 0.3 is 6.01 Å². The van der Waals surface area contributed by atoms with E-state index in [1.165, 1.54) is 14.2 Å². The van der Waals surface area contributed by atoms with Gasteiger partial charge in [0.2, 0.25) is 5.88 Å². The third-order valence-electron chi connectivity index (χ3n) is 5.24. The fourth-order valence-electron chi connectivity index (χ4n) is 3.69. The predicted molar refractivity (Wildman–Crippen MR) is 109 cm³/mol. The zero-order chi connectivity index (χ0) is 20.7. The van der Waals surface area contributed by atoms with Crippen LogP contribution in [0.1, 0.15) is 5.56 Å². The summed E-state index contributed by atoms with van der Waals surface area (Å²) in [6.45, 7) is 0.471. The molecule has 0 spiro atoms. The Balaban J connectivity index is 1.54. The van der Waals surface area contributed by atoms with E-state index in [-0.39, 0.29) is 19.1 Å². The van der Waals surface area contributed by atoms with E-state index in [1.54, 1.807) is 23.1 Å². The Morgan fingerprint density at radius 2 is 1.87 bits per heavy atom. The monoisotopic (exact) mass is 406 g/mol. The number of halogens is 1. The van der Waals surface area contributed by atoms with Crippen molar-refractivity contribution < 1.29 is 13.9 Å². The molecule has 0 N–H and O–H groups in total. The lowest BCUT2D eigenvalue weighted by Crippen LogP contribution is -2.57. The maximum Gasteiger partial charge on any atom is 0.319 e. The Morgan fingerprint density at radius 1 is 1.07 bits per heavy atom. The first-order valence-electron chi connectivity index (χ1n) is 9.40. The average Bonchev–Trinajstić information content (AvgIpc) is 3.25. The predicted octanol–water partition coefficient (Wildman–Crippen LogP) is 2.89. The summed E-state index contributed by atoms with van der Waals surface area (Å²) < 4.78 is 27.5. The third-order valence-corrected chi connectivity index (χ3v) is 5.24. The highest BCUT2D eigenvalue weighted by atomic mass is 19.1. The fraction of sp³-hybridized carbons (Fsp3) is 0.238. The SMILES string of the molecule is COc1ncc(-c2cc(N3CC(F)(c4ccccc4)C3)c3nccn3n2)c(OC)n1. The summed E-state index contributed by atoms with van der Waals surface area (Å²) in [5.74, 6) is 0.340. The summed E-state index contributed by atoms with van der Waals surface area (Å²) in [5.41, 5.74) is 1.92. The number of rotatable bonds is 5. The minimum atomic E-state index is -1.39. The number of alkyl halides is 1. The van der Waals surface area contributed by atoms with Crippen LogP contribution in [-0.4, -0.2) is 51.9 Å². The van der Waals surface area contributed by atoms with Crippen molar-refractivity contribution in [3.8, 4) is 23.1 Å². The Morgan fingerprint density at radius 3 is 2.60 bits per heavy atom. The maximum absolute atomic E-state index is 15.4. The topological polar surface area (TPSA) is 77.7 Å². The minimum absolute atomic E-state index is 0.201. The third kappa shape index (κ3) is 2.90. The van der Waals surface area contributed by atoms with Crippen LogP contribution in [0.15, 0.2) is 55.0 Å². The second kappa shape index (κ2) is 6.94. The maximum atomic E-state index is 15.4. The van der Waals surface area contributed by atoms with E-state index in [9.17, 15) is 0 Å². The molecule has 5 rings (SSSR count). The van der Waals surface area contributed by atoms with Crippen LogP contribution in [0.2, 0.25) is 0 Å². The zero-order valence-corrected chi connectivity index (χ0v) is 16.5. The van der Waals surface area contributed by atoms with Crippen molar-refractivity contribution in [2.45, 2.75) is 5.67 Å². The Kier molecular flexibility index (Phi) is 4.23. The van der Waals surface area contributed by atoms with Gasteiger partial charge in [-0.05, 0) is 11.6 Å². The highest BCUT2D eigenvalue weighted by molar-refractivity contribution is 5.77. The summed E-state index contributed by atoms with van der Waals surface area (Å²) in [7, 11) is 3.01. The summed E-state index contributed by atoms with van der Waals surface area (Å²) in [5, 5.41) is 4.60. The van der Waals surface area contributed by atoms with E-state index >= 15 is 4.39 Å². The second-order valence-electron chi connectivity index (χ2n) is 7.08. The molecule has 9 heteroatoms. The number of methoxy groups -OCH3 is 2. The van der Waals surface area contributed by atoms with Crippen molar-refractivity contribution in [3.63, 3.8) is 0 Å². The van der Waals surface area contributed by atoms with Crippen molar-refractivity contribution in [2.75, 3.05) is 32.2 Å².